The number of rotatable bonds is 8. The maximum atomic E-state index is 13.5. The number of halogens is 2. The summed E-state index contributed by atoms with van der Waals surface area (Å²) in [6.45, 7) is 2.46. The predicted octanol–water partition coefficient (Wildman–Crippen LogP) is 4.62. The van der Waals surface area contributed by atoms with Crippen molar-refractivity contribution in [1.82, 2.24) is 4.98 Å². The van der Waals surface area contributed by atoms with Crippen LogP contribution in [0.25, 0.3) is 11.3 Å². The van der Waals surface area contributed by atoms with Crippen LogP contribution in [0.5, 0.6) is 0 Å². The van der Waals surface area contributed by atoms with Crippen molar-refractivity contribution in [3.63, 3.8) is 0 Å². The Labute approximate surface area is 180 Å². The minimum absolute atomic E-state index is 0.0752. The number of carbonyl (C=O) groups is 1. The van der Waals surface area contributed by atoms with E-state index in [1.165, 1.54) is 31.4 Å². The number of benzene rings is 2. The van der Waals surface area contributed by atoms with Gasteiger partial charge < -0.3 is 10.1 Å². The van der Waals surface area contributed by atoms with Gasteiger partial charge in [-0.05, 0) is 37.3 Å². The molecule has 0 aliphatic heterocycles. The molecular formula is C20H18F2N4O4S. The highest BCUT2D eigenvalue weighted by Gasteiger charge is 2.19. The first-order valence-corrected chi connectivity index (χ1v) is 9.87. The second-order valence-electron chi connectivity index (χ2n) is 6.42. The molecule has 8 nitrogen and oxygen atoms in total. The fourth-order valence-electron chi connectivity index (χ4n) is 2.79. The van der Waals surface area contributed by atoms with Gasteiger partial charge in [0.2, 0.25) is 0 Å². The Kier molecular flexibility index (Phi) is 6.88. The van der Waals surface area contributed by atoms with E-state index < -0.39 is 22.5 Å². The first kappa shape index (κ1) is 22.2. The maximum Gasteiger partial charge on any atom is 0.293 e. The summed E-state index contributed by atoms with van der Waals surface area (Å²) in [7, 11) is 1.52. The first-order valence-electron chi connectivity index (χ1n) is 9.05. The zero-order chi connectivity index (χ0) is 22.5. The van der Waals surface area contributed by atoms with Crippen LogP contribution in [0.2, 0.25) is 0 Å². The molecule has 3 aromatic rings. The average molecular weight is 448 g/mol. The molecule has 0 atom stereocenters. The van der Waals surface area contributed by atoms with Crippen LogP contribution >= 0.6 is 11.3 Å². The molecule has 11 heteroatoms. The highest BCUT2D eigenvalue weighted by molar-refractivity contribution is 7.16. The third kappa shape index (κ3) is 5.19. The van der Waals surface area contributed by atoms with Crippen molar-refractivity contribution in [2.45, 2.75) is 6.92 Å². The van der Waals surface area contributed by atoms with E-state index in [0.717, 1.165) is 23.5 Å². The minimum atomic E-state index is -0.998. The summed E-state index contributed by atoms with van der Waals surface area (Å²) in [5.41, 5.74) is 0.871. The molecule has 1 amide bonds. The van der Waals surface area contributed by atoms with E-state index in [4.69, 9.17) is 4.74 Å². The van der Waals surface area contributed by atoms with Gasteiger partial charge in [-0.25, -0.2) is 13.8 Å². The number of ether oxygens (including phenoxy) is 1. The van der Waals surface area contributed by atoms with E-state index in [1.807, 2.05) is 0 Å². The number of hydrogen-bond acceptors (Lipinski definition) is 7. The number of thiazole rings is 1. The van der Waals surface area contributed by atoms with E-state index in [-0.39, 0.29) is 22.1 Å². The standard InChI is InChI=1S/C20H18F2N4O4S/c1-11-18(12-3-5-14(21)15(22)9-12)24-20(31-11)25-19(27)13-4-6-16(23-7-8-30-2)17(10-13)26(28)29/h3-6,9-10,23H,7-8H2,1-2H3,(H,24,25,27). The van der Waals surface area contributed by atoms with Crippen molar-refractivity contribution in [2.75, 3.05) is 30.9 Å². The normalized spacial score (nSPS) is 10.7. The number of amides is 1. The summed E-state index contributed by atoms with van der Waals surface area (Å²) in [6.07, 6.45) is 0. The van der Waals surface area contributed by atoms with Crippen LogP contribution in [0.4, 0.5) is 25.3 Å². The Balaban J connectivity index is 1.80. The third-order valence-electron chi connectivity index (χ3n) is 4.29. The number of carbonyl (C=O) groups excluding carboxylic acids is 1. The van der Waals surface area contributed by atoms with Gasteiger partial charge in [0.15, 0.2) is 16.8 Å². The highest BCUT2D eigenvalue weighted by atomic mass is 32.1. The molecule has 162 valence electrons. The number of nitrogens with zero attached hydrogens (tertiary/aromatic N) is 2. The fraction of sp³-hybridized carbons (Fsp3) is 0.200. The highest BCUT2D eigenvalue weighted by Crippen LogP contribution is 2.32. The molecule has 2 aromatic carbocycles. The van der Waals surface area contributed by atoms with Gasteiger partial charge in [0.05, 0.1) is 17.2 Å². The number of methoxy groups -OCH3 is 1. The summed E-state index contributed by atoms with van der Waals surface area (Å²) in [4.78, 5) is 28.4. The molecule has 0 aliphatic rings. The van der Waals surface area contributed by atoms with Crippen LogP contribution in [0.3, 0.4) is 0 Å². The molecule has 3 rings (SSSR count). The van der Waals surface area contributed by atoms with Crippen LogP contribution in [-0.4, -0.2) is 36.1 Å². The van der Waals surface area contributed by atoms with Gasteiger partial charge in [-0.3, -0.25) is 20.2 Å². The van der Waals surface area contributed by atoms with Crippen molar-refractivity contribution in [3.05, 3.63) is 68.6 Å². The van der Waals surface area contributed by atoms with Crippen molar-refractivity contribution in [1.29, 1.82) is 0 Å². The molecule has 1 aromatic heterocycles. The van der Waals surface area contributed by atoms with Crippen LogP contribution < -0.4 is 10.6 Å². The van der Waals surface area contributed by atoms with Gasteiger partial charge in [0.1, 0.15) is 5.69 Å². The van der Waals surface area contributed by atoms with E-state index in [0.29, 0.717) is 29.3 Å². The Morgan fingerprint density at radius 3 is 2.68 bits per heavy atom. The Morgan fingerprint density at radius 2 is 2.00 bits per heavy atom. The van der Waals surface area contributed by atoms with E-state index in [9.17, 15) is 23.7 Å². The van der Waals surface area contributed by atoms with Gasteiger partial charge in [0.25, 0.3) is 11.6 Å². The summed E-state index contributed by atoms with van der Waals surface area (Å²) in [6, 6.07) is 7.49. The third-order valence-corrected chi connectivity index (χ3v) is 5.17. The van der Waals surface area contributed by atoms with Crippen molar-refractivity contribution in [2.24, 2.45) is 0 Å². The number of hydrogen-bond donors (Lipinski definition) is 2. The monoisotopic (exact) mass is 448 g/mol. The maximum absolute atomic E-state index is 13.5. The number of aryl methyl sites for hydroxylation is 1. The molecule has 31 heavy (non-hydrogen) atoms. The number of anilines is 2. The molecule has 0 spiro atoms. The van der Waals surface area contributed by atoms with Gasteiger partial charge in [-0.15, -0.1) is 11.3 Å². The van der Waals surface area contributed by atoms with Crippen LogP contribution in [0, 0.1) is 28.7 Å². The molecule has 0 fully saturated rings. The lowest BCUT2D eigenvalue weighted by molar-refractivity contribution is -0.384. The van der Waals surface area contributed by atoms with Gasteiger partial charge in [-0.2, -0.15) is 0 Å². The zero-order valence-electron chi connectivity index (χ0n) is 16.6. The molecule has 0 unspecified atom stereocenters. The van der Waals surface area contributed by atoms with Crippen molar-refractivity contribution in [3.8, 4) is 11.3 Å². The second kappa shape index (κ2) is 9.58. The quantitative estimate of drug-likeness (QED) is 0.296. The largest absolute Gasteiger partial charge is 0.383 e. The average Bonchev–Trinajstić information content (AvgIpc) is 3.10. The molecule has 0 saturated carbocycles. The SMILES string of the molecule is COCCNc1ccc(C(=O)Nc2nc(-c3ccc(F)c(F)c3)c(C)s2)cc1[N+](=O)[O-]. The fourth-order valence-corrected chi connectivity index (χ4v) is 3.62. The Hall–Kier alpha value is -3.44. The number of aromatic nitrogens is 1. The van der Waals surface area contributed by atoms with E-state index in [2.05, 4.69) is 15.6 Å². The van der Waals surface area contributed by atoms with Crippen molar-refractivity contribution < 1.29 is 23.2 Å². The number of nitro benzene ring substituents is 1. The van der Waals surface area contributed by atoms with Crippen LogP contribution in [-0.2, 0) is 4.74 Å². The number of nitrogens with one attached hydrogen (secondary N) is 2. The molecule has 1 heterocycles. The molecular weight excluding hydrogens is 430 g/mol. The summed E-state index contributed by atoms with van der Waals surface area (Å²) in [5.74, 6) is -2.55. The Bertz CT molecular complexity index is 1140. The second-order valence-corrected chi connectivity index (χ2v) is 7.62. The molecule has 0 saturated heterocycles. The summed E-state index contributed by atoms with van der Waals surface area (Å²) >= 11 is 1.15. The van der Waals surface area contributed by atoms with Crippen LogP contribution in [0.15, 0.2) is 36.4 Å². The lowest BCUT2D eigenvalue weighted by Crippen LogP contribution is -2.13. The van der Waals surface area contributed by atoms with Gasteiger partial charge in [-0.1, -0.05) is 0 Å². The van der Waals surface area contributed by atoms with E-state index in [1.54, 1.807) is 6.92 Å². The summed E-state index contributed by atoms with van der Waals surface area (Å²) < 4.78 is 31.6. The van der Waals surface area contributed by atoms with Crippen molar-refractivity contribution >= 4 is 33.8 Å². The smallest absolute Gasteiger partial charge is 0.293 e. The summed E-state index contributed by atoms with van der Waals surface area (Å²) in [5, 5.41) is 17.1. The lowest BCUT2D eigenvalue weighted by atomic mass is 10.1. The molecule has 0 radical (unpaired) electrons. The first-order chi connectivity index (χ1) is 14.8. The zero-order valence-corrected chi connectivity index (χ0v) is 17.4. The topological polar surface area (TPSA) is 106 Å². The Morgan fingerprint density at radius 1 is 1.23 bits per heavy atom. The van der Waals surface area contributed by atoms with Gasteiger partial charge >= 0.3 is 0 Å². The lowest BCUT2D eigenvalue weighted by Gasteiger charge is -2.08. The molecule has 0 aliphatic carbocycles. The predicted molar refractivity (Wildman–Crippen MR) is 114 cm³/mol. The molecule has 2 N–H and O–H groups in total. The van der Waals surface area contributed by atoms with E-state index >= 15 is 0 Å². The minimum Gasteiger partial charge on any atom is -0.383 e. The van der Waals surface area contributed by atoms with Crippen LogP contribution in [0.1, 0.15) is 15.2 Å². The number of nitro groups is 1. The molecule has 0 bridgehead atoms. The van der Waals surface area contributed by atoms with Gasteiger partial charge in [0, 0.05) is 35.7 Å².